The Bertz CT molecular complexity index is 1810. The zero-order valence-electron chi connectivity index (χ0n) is 29.2. The van der Waals surface area contributed by atoms with Crippen LogP contribution in [0.25, 0.3) is 10.1 Å². The van der Waals surface area contributed by atoms with Gasteiger partial charge in [0.2, 0.25) is 0 Å². The number of aliphatic hydroxyl groups excluding tert-OH is 1. The number of ketones is 1. The van der Waals surface area contributed by atoms with Crippen LogP contribution in [0.5, 0.6) is 0 Å². The zero-order valence-corrected chi connectivity index (χ0v) is 30.0. The molecule has 1 aromatic carbocycles. The van der Waals surface area contributed by atoms with Gasteiger partial charge in [0.15, 0.2) is 5.78 Å². The summed E-state index contributed by atoms with van der Waals surface area (Å²) in [5.41, 5.74) is -0.188. The van der Waals surface area contributed by atoms with E-state index in [1.165, 1.54) is 38.5 Å². The first-order chi connectivity index (χ1) is 23.5. The summed E-state index contributed by atoms with van der Waals surface area (Å²) in [4.78, 5) is 32.1. The quantitative estimate of drug-likeness (QED) is 0.259. The van der Waals surface area contributed by atoms with Crippen LogP contribution < -0.4 is 0 Å². The van der Waals surface area contributed by atoms with Crippen LogP contribution in [-0.2, 0) is 4.74 Å². The van der Waals surface area contributed by atoms with Gasteiger partial charge < -0.3 is 14.7 Å². The van der Waals surface area contributed by atoms with Crippen LogP contribution in [0, 0.1) is 56.7 Å². The lowest BCUT2D eigenvalue weighted by Gasteiger charge is -2.71. The zero-order chi connectivity index (χ0) is 33.2. The number of rotatable bonds is 4. The summed E-state index contributed by atoms with van der Waals surface area (Å²) in [5, 5.41) is 12.2. The molecule has 2 aromatic rings. The standard InChI is InChI=1S/C43H51NO4S/c1-38-10-7-30(45)22-41(38)13-14-43(31(23-41)36(46)33-18-29-5-3-4-6-32(29)49-33)34(38)8-11-39(2)35(43)9-12-42(39)25-44(37(47)48-42)24-40-19-26-15-27(20-40)17-28(16-26)21-40/h3-6,13-14,18,23,26-28,30,34-35,45H,7-12,15-17,19-22,24-25H2,1-2H3. The van der Waals surface area contributed by atoms with Gasteiger partial charge in [-0.1, -0.05) is 50.3 Å². The van der Waals surface area contributed by atoms with E-state index >= 15 is 4.79 Å². The second-order valence-electron chi connectivity index (χ2n) is 19.4. The van der Waals surface area contributed by atoms with E-state index in [0.717, 1.165) is 83.4 Å². The number of amides is 1. The van der Waals surface area contributed by atoms with Crippen molar-refractivity contribution >= 4 is 33.3 Å². The molecule has 1 aromatic heterocycles. The summed E-state index contributed by atoms with van der Waals surface area (Å²) in [7, 11) is 0. The Morgan fingerprint density at radius 1 is 0.918 bits per heavy atom. The average molecular weight is 678 g/mol. The van der Waals surface area contributed by atoms with Crippen molar-refractivity contribution in [2.75, 3.05) is 13.1 Å². The van der Waals surface area contributed by atoms with Gasteiger partial charge in [-0.2, -0.15) is 0 Å². The van der Waals surface area contributed by atoms with Crippen molar-refractivity contribution in [3.05, 3.63) is 59.0 Å². The van der Waals surface area contributed by atoms with Crippen LogP contribution in [-0.4, -0.2) is 46.7 Å². The third-order valence-corrected chi connectivity index (χ3v) is 18.4. The number of aliphatic hydroxyl groups is 1. The van der Waals surface area contributed by atoms with Gasteiger partial charge in [-0.25, -0.2) is 4.79 Å². The van der Waals surface area contributed by atoms with Crippen LogP contribution in [0.1, 0.15) is 107 Å². The lowest BCUT2D eigenvalue weighted by atomic mass is 9.32. The number of ether oxygens (including phenoxy) is 1. The number of carbonyl (C=O) groups is 2. The molecule has 10 aliphatic carbocycles. The van der Waals surface area contributed by atoms with Crippen molar-refractivity contribution in [2.24, 2.45) is 56.7 Å². The summed E-state index contributed by atoms with van der Waals surface area (Å²) >= 11 is 1.62. The smallest absolute Gasteiger partial charge is 0.410 e. The molecular formula is C43H51NO4S. The first-order valence-corrected chi connectivity index (χ1v) is 20.4. The summed E-state index contributed by atoms with van der Waals surface area (Å²) in [6.45, 7) is 6.51. The fraction of sp³-hybridized carbons (Fsp3) is 0.674. The maximum absolute atomic E-state index is 15.1. The molecule has 2 heterocycles. The maximum Gasteiger partial charge on any atom is 0.410 e. The van der Waals surface area contributed by atoms with E-state index < -0.39 is 11.0 Å². The second kappa shape index (κ2) is 9.50. The first-order valence-electron chi connectivity index (χ1n) is 19.6. The molecular weight excluding hydrogens is 627 g/mol. The highest BCUT2D eigenvalue weighted by Gasteiger charge is 2.76. The predicted octanol–water partition coefficient (Wildman–Crippen LogP) is 9.35. The molecule has 258 valence electrons. The van der Waals surface area contributed by atoms with Crippen molar-refractivity contribution in [3.63, 3.8) is 0 Å². The molecule has 8 unspecified atom stereocenters. The molecule has 5 nitrogen and oxygen atoms in total. The molecule has 6 bridgehead atoms. The highest BCUT2D eigenvalue weighted by molar-refractivity contribution is 7.21. The number of nitrogens with zero attached hydrogens (tertiary/aromatic N) is 1. The molecule has 3 spiro atoms. The third-order valence-electron chi connectivity index (χ3n) is 17.3. The van der Waals surface area contributed by atoms with E-state index in [0.29, 0.717) is 24.3 Å². The van der Waals surface area contributed by atoms with Gasteiger partial charge in [-0.3, -0.25) is 4.79 Å². The van der Waals surface area contributed by atoms with Gasteiger partial charge >= 0.3 is 6.09 Å². The van der Waals surface area contributed by atoms with E-state index in [4.69, 9.17) is 4.74 Å². The molecule has 49 heavy (non-hydrogen) atoms. The number of carbonyl (C=O) groups excluding carboxylic acids is 2. The van der Waals surface area contributed by atoms with Gasteiger partial charge in [-0.05, 0) is 141 Å². The van der Waals surface area contributed by atoms with Crippen LogP contribution in [0.4, 0.5) is 4.79 Å². The van der Waals surface area contributed by atoms with Crippen molar-refractivity contribution < 1.29 is 19.4 Å². The van der Waals surface area contributed by atoms with E-state index in [1.54, 1.807) is 11.3 Å². The fourth-order valence-corrected chi connectivity index (χ4v) is 16.6. The number of hydrogen-bond acceptors (Lipinski definition) is 5. The third kappa shape index (κ3) is 3.67. The normalized spacial score (nSPS) is 50.1. The highest BCUT2D eigenvalue weighted by atomic mass is 32.1. The summed E-state index contributed by atoms with van der Waals surface area (Å²) in [5.74, 6) is 3.31. The molecule has 8 fully saturated rings. The molecule has 6 heteroatoms. The minimum absolute atomic E-state index is 0.0150. The van der Waals surface area contributed by atoms with E-state index in [1.807, 2.05) is 0 Å². The number of Topliss-reactive ketones (excluding diaryl/α,β-unsaturated/α-hetero) is 1. The van der Waals surface area contributed by atoms with Gasteiger partial charge in [0.05, 0.1) is 17.5 Å². The van der Waals surface area contributed by atoms with Gasteiger partial charge in [0.25, 0.3) is 0 Å². The number of thiophene rings is 1. The minimum atomic E-state index is -0.508. The molecule has 1 saturated heterocycles. The molecule has 1 aliphatic heterocycles. The van der Waals surface area contributed by atoms with Crippen LogP contribution in [0.2, 0.25) is 0 Å². The predicted molar refractivity (Wildman–Crippen MR) is 191 cm³/mol. The van der Waals surface area contributed by atoms with Gasteiger partial charge in [0.1, 0.15) is 5.60 Å². The van der Waals surface area contributed by atoms with Crippen molar-refractivity contribution in [3.8, 4) is 0 Å². The van der Waals surface area contributed by atoms with Gasteiger partial charge in [-0.15, -0.1) is 11.3 Å². The number of benzene rings is 1. The fourth-order valence-electron chi connectivity index (χ4n) is 15.6. The van der Waals surface area contributed by atoms with Crippen molar-refractivity contribution in [1.29, 1.82) is 0 Å². The Balaban J connectivity index is 0.987. The molecule has 1 N–H and O–H groups in total. The van der Waals surface area contributed by atoms with Crippen LogP contribution in [0.15, 0.2) is 54.1 Å². The largest absolute Gasteiger partial charge is 0.440 e. The van der Waals surface area contributed by atoms with Crippen LogP contribution in [0.3, 0.4) is 0 Å². The Morgan fingerprint density at radius 3 is 2.37 bits per heavy atom. The van der Waals surface area contributed by atoms with E-state index in [-0.39, 0.29) is 40.1 Å². The molecule has 0 radical (unpaired) electrons. The summed E-state index contributed by atoms with van der Waals surface area (Å²) < 4.78 is 7.93. The van der Waals surface area contributed by atoms with E-state index in [9.17, 15) is 9.90 Å². The molecule has 13 rings (SSSR count). The monoisotopic (exact) mass is 677 g/mol. The lowest BCUT2D eigenvalue weighted by Crippen LogP contribution is -2.67. The average Bonchev–Trinajstić information content (AvgIpc) is 3.72. The van der Waals surface area contributed by atoms with Crippen molar-refractivity contribution in [2.45, 2.75) is 109 Å². The van der Waals surface area contributed by atoms with Gasteiger partial charge in [0, 0.05) is 33.1 Å². The highest BCUT2D eigenvalue weighted by Crippen LogP contribution is 2.79. The molecule has 1 amide bonds. The Labute approximate surface area is 294 Å². The lowest BCUT2D eigenvalue weighted by molar-refractivity contribution is -0.164. The molecule has 11 aliphatic rings. The first kappa shape index (κ1) is 30.2. The minimum Gasteiger partial charge on any atom is -0.440 e. The maximum atomic E-state index is 15.1. The Kier molecular flexibility index (Phi) is 5.86. The molecule has 8 atom stereocenters. The Hall–Kier alpha value is -2.44. The van der Waals surface area contributed by atoms with Crippen molar-refractivity contribution in [1.82, 2.24) is 4.90 Å². The topological polar surface area (TPSA) is 66.8 Å². The van der Waals surface area contributed by atoms with Crippen LogP contribution >= 0.6 is 11.3 Å². The number of allylic oxidation sites excluding steroid dienone is 4. The SMILES string of the molecule is CC12CCC(O)CC13C=CC1(C(C(=O)c4cc5ccccc5s4)=C3)C2CCC2(C)C1CCC21CN(CC23CC4CC(CC(C4)C2)C3)C(=O)O1. The summed E-state index contributed by atoms with van der Waals surface area (Å²) in [6, 6.07) is 10.4. The summed E-state index contributed by atoms with van der Waals surface area (Å²) in [6.07, 6.45) is 21.4. The van der Waals surface area contributed by atoms with E-state index in [2.05, 4.69) is 67.3 Å². The molecule has 7 saturated carbocycles. The number of fused-ring (bicyclic) bond motifs is 3. The number of hydrogen-bond donors (Lipinski definition) is 1. The Morgan fingerprint density at radius 2 is 1.61 bits per heavy atom. The second-order valence-corrected chi connectivity index (χ2v) is 20.5.